The van der Waals surface area contributed by atoms with E-state index < -0.39 is 12.4 Å². The van der Waals surface area contributed by atoms with Crippen LogP contribution in [0.25, 0.3) is 0 Å². The zero-order valence-corrected chi connectivity index (χ0v) is 16.3. The van der Waals surface area contributed by atoms with E-state index >= 15 is 0 Å². The lowest BCUT2D eigenvalue weighted by Crippen LogP contribution is -2.31. The molecule has 2 unspecified atom stereocenters. The van der Waals surface area contributed by atoms with Gasteiger partial charge in [-0.05, 0) is 27.2 Å². The lowest BCUT2D eigenvalue weighted by Gasteiger charge is -2.19. The molecule has 1 amide bonds. The van der Waals surface area contributed by atoms with E-state index in [-0.39, 0.29) is 6.29 Å². The first kappa shape index (κ1) is 23.2. The number of carbonyl (C=O) groups is 1. The Balaban J connectivity index is 3.37. The van der Waals surface area contributed by atoms with E-state index in [0.29, 0.717) is 13.2 Å². The summed E-state index contributed by atoms with van der Waals surface area (Å²) >= 11 is 0. The monoisotopic (exact) mass is 345 g/mol. The standard InChI is InChI=1S/C19H39NO4/c1-5-7-8-9-10-11-12-13-14-15-16-20-19(21)24-18(4)23-17(3)22-6-2/h17-18H,5-16H2,1-4H3,(H,20,21). The van der Waals surface area contributed by atoms with Crippen molar-refractivity contribution in [1.82, 2.24) is 5.32 Å². The van der Waals surface area contributed by atoms with Gasteiger partial charge in [-0.1, -0.05) is 64.7 Å². The molecule has 0 aliphatic carbocycles. The summed E-state index contributed by atoms with van der Waals surface area (Å²) in [4.78, 5) is 11.6. The molecule has 1 N–H and O–H groups in total. The SMILES string of the molecule is CCCCCCCCCCCCNC(=O)OC(C)OC(C)OCC. The largest absolute Gasteiger partial charge is 0.420 e. The third kappa shape index (κ3) is 16.1. The Hall–Kier alpha value is -0.810. The van der Waals surface area contributed by atoms with Crippen LogP contribution in [-0.4, -0.2) is 31.8 Å². The zero-order valence-electron chi connectivity index (χ0n) is 16.3. The number of nitrogens with one attached hydrogen (secondary N) is 1. The van der Waals surface area contributed by atoms with Gasteiger partial charge in [0.2, 0.25) is 6.29 Å². The minimum absolute atomic E-state index is 0.375. The molecular weight excluding hydrogens is 306 g/mol. The van der Waals surface area contributed by atoms with Crippen LogP contribution in [0.4, 0.5) is 4.79 Å². The van der Waals surface area contributed by atoms with Crippen molar-refractivity contribution in [1.29, 1.82) is 0 Å². The first-order valence-corrected chi connectivity index (χ1v) is 9.81. The van der Waals surface area contributed by atoms with Gasteiger partial charge in [0.1, 0.15) is 0 Å². The quantitative estimate of drug-likeness (QED) is 0.301. The summed E-state index contributed by atoms with van der Waals surface area (Å²) in [7, 11) is 0. The molecule has 0 fully saturated rings. The van der Waals surface area contributed by atoms with Crippen molar-refractivity contribution in [2.24, 2.45) is 0 Å². The molecule has 0 saturated carbocycles. The molecule has 5 nitrogen and oxygen atoms in total. The summed E-state index contributed by atoms with van der Waals surface area (Å²) in [6, 6.07) is 0. The highest BCUT2D eigenvalue weighted by Crippen LogP contribution is 2.10. The number of ether oxygens (including phenoxy) is 3. The van der Waals surface area contributed by atoms with Crippen LogP contribution in [-0.2, 0) is 14.2 Å². The Morgan fingerprint density at radius 2 is 1.38 bits per heavy atom. The Morgan fingerprint density at radius 3 is 1.92 bits per heavy atom. The lowest BCUT2D eigenvalue weighted by molar-refractivity contribution is -0.210. The predicted octanol–water partition coefficient (Wildman–Crippen LogP) is 5.38. The van der Waals surface area contributed by atoms with E-state index in [0.717, 1.165) is 12.8 Å². The molecule has 0 aliphatic heterocycles. The lowest BCUT2D eigenvalue weighted by atomic mass is 10.1. The number of amides is 1. The third-order valence-electron chi connectivity index (χ3n) is 3.86. The van der Waals surface area contributed by atoms with Gasteiger partial charge in [-0.15, -0.1) is 0 Å². The fourth-order valence-corrected chi connectivity index (χ4v) is 2.57. The van der Waals surface area contributed by atoms with Crippen molar-refractivity contribution >= 4 is 6.09 Å². The Kier molecular flexibility index (Phi) is 16.5. The number of unbranched alkanes of at least 4 members (excludes halogenated alkanes) is 9. The zero-order chi connectivity index (χ0) is 18.0. The van der Waals surface area contributed by atoms with Crippen LogP contribution in [0.3, 0.4) is 0 Å². The molecule has 0 aliphatic rings. The number of hydrogen-bond donors (Lipinski definition) is 1. The predicted molar refractivity (Wildman–Crippen MR) is 98.0 cm³/mol. The summed E-state index contributed by atoms with van der Waals surface area (Å²) in [5.41, 5.74) is 0. The van der Waals surface area contributed by atoms with Gasteiger partial charge >= 0.3 is 6.09 Å². The van der Waals surface area contributed by atoms with Crippen LogP contribution < -0.4 is 5.32 Å². The smallest absolute Gasteiger partial charge is 0.409 e. The highest BCUT2D eigenvalue weighted by Gasteiger charge is 2.12. The molecule has 0 spiro atoms. The van der Waals surface area contributed by atoms with Gasteiger partial charge < -0.3 is 19.5 Å². The second-order valence-electron chi connectivity index (χ2n) is 6.24. The summed E-state index contributed by atoms with van der Waals surface area (Å²) in [5, 5.41) is 2.76. The van der Waals surface area contributed by atoms with Gasteiger partial charge in [-0.3, -0.25) is 0 Å². The number of rotatable bonds is 16. The second kappa shape index (κ2) is 17.0. The fourth-order valence-electron chi connectivity index (χ4n) is 2.57. The summed E-state index contributed by atoms with van der Waals surface area (Å²) in [6.45, 7) is 8.84. The topological polar surface area (TPSA) is 56.8 Å². The maximum atomic E-state index is 11.6. The van der Waals surface area contributed by atoms with Gasteiger partial charge in [-0.2, -0.15) is 0 Å². The molecular formula is C19H39NO4. The summed E-state index contributed by atoms with van der Waals surface area (Å²) in [5.74, 6) is 0. The van der Waals surface area contributed by atoms with Crippen molar-refractivity contribution in [2.75, 3.05) is 13.2 Å². The molecule has 24 heavy (non-hydrogen) atoms. The number of alkyl carbamates (subject to hydrolysis) is 1. The van der Waals surface area contributed by atoms with E-state index in [4.69, 9.17) is 14.2 Å². The maximum Gasteiger partial charge on any atom is 0.409 e. The Labute approximate surface area is 148 Å². The molecule has 0 aromatic carbocycles. The van der Waals surface area contributed by atoms with Crippen LogP contribution in [0, 0.1) is 0 Å². The van der Waals surface area contributed by atoms with Crippen LogP contribution in [0.15, 0.2) is 0 Å². The number of hydrogen-bond acceptors (Lipinski definition) is 4. The average molecular weight is 346 g/mol. The molecule has 2 atom stereocenters. The van der Waals surface area contributed by atoms with Gasteiger partial charge in [0.25, 0.3) is 0 Å². The van der Waals surface area contributed by atoms with E-state index in [1.807, 2.05) is 6.92 Å². The highest BCUT2D eigenvalue weighted by atomic mass is 16.8. The maximum absolute atomic E-state index is 11.6. The Morgan fingerprint density at radius 1 is 0.833 bits per heavy atom. The highest BCUT2D eigenvalue weighted by molar-refractivity contribution is 5.67. The normalized spacial score (nSPS) is 13.5. The minimum atomic E-state index is -0.612. The average Bonchev–Trinajstić information content (AvgIpc) is 2.52. The van der Waals surface area contributed by atoms with Gasteiger partial charge in [0, 0.05) is 13.2 Å². The molecule has 5 heteroatoms. The van der Waals surface area contributed by atoms with Crippen molar-refractivity contribution in [2.45, 2.75) is 104 Å². The van der Waals surface area contributed by atoms with Crippen LogP contribution >= 0.6 is 0 Å². The van der Waals surface area contributed by atoms with Crippen molar-refractivity contribution in [3.8, 4) is 0 Å². The molecule has 0 rings (SSSR count). The molecule has 0 aromatic heterocycles. The van der Waals surface area contributed by atoms with Crippen molar-refractivity contribution in [3.63, 3.8) is 0 Å². The minimum Gasteiger partial charge on any atom is -0.420 e. The molecule has 0 saturated heterocycles. The molecule has 0 heterocycles. The summed E-state index contributed by atoms with van der Waals surface area (Å²) < 4.78 is 15.7. The van der Waals surface area contributed by atoms with Crippen LogP contribution in [0.2, 0.25) is 0 Å². The van der Waals surface area contributed by atoms with Gasteiger partial charge in [0.15, 0.2) is 6.29 Å². The fraction of sp³-hybridized carbons (Fsp3) is 0.947. The molecule has 0 radical (unpaired) electrons. The van der Waals surface area contributed by atoms with E-state index in [1.165, 1.54) is 51.4 Å². The van der Waals surface area contributed by atoms with Gasteiger partial charge in [-0.25, -0.2) is 4.79 Å². The molecule has 0 bridgehead atoms. The summed E-state index contributed by atoms with van der Waals surface area (Å²) in [6.07, 6.45) is 11.4. The first-order chi connectivity index (χ1) is 11.6. The Bertz CT molecular complexity index is 287. The molecule has 0 aromatic rings. The third-order valence-corrected chi connectivity index (χ3v) is 3.86. The van der Waals surface area contributed by atoms with E-state index in [9.17, 15) is 4.79 Å². The van der Waals surface area contributed by atoms with E-state index in [2.05, 4.69) is 12.2 Å². The van der Waals surface area contributed by atoms with Crippen molar-refractivity contribution < 1.29 is 19.0 Å². The first-order valence-electron chi connectivity index (χ1n) is 9.81. The van der Waals surface area contributed by atoms with Crippen LogP contribution in [0.5, 0.6) is 0 Å². The van der Waals surface area contributed by atoms with E-state index in [1.54, 1.807) is 13.8 Å². The molecule has 144 valence electrons. The van der Waals surface area contributed by atoms with Crippen molar-refractivity contribution in [3.05, 3.63) is 0 Å². The number of carbonyl (C=O) groups excluding carboxylic acids is 1. The van der Waals surface area contributed by atoms with Crippen LogP contribution in [0.1, 0.15) is 91.9 Å². The van der Waals surface area contributed by atoms with Gasteiger partial charge in [0.05, 0.1) is 0 Å². The second-order valence-corrected chi connectivity index (χ2v) is 6.24.